The highest BCUT2D eigenvalue weighted by atomic mass is 32.2. The van der Waals surface area contributed by atoms with Gasteiger partial charge in [-0.15, -0.1) is 0 Å². The number of hydrogen-bond donors (Lipinski definition) is 0. The van der Waals surface area contributed by atoms with Gasteiger partial charge >= 0.3 is 9.28 Å². The van der Waals surface area contributed by atoms with Gasteiger partial charge in [-0.3, -0.25) is 4.79 Å². The minimum absolute atomic E-state index is 0.358. The average molecular weight is 307 g/mol. The molecule has 0 heterocycles. The zero-order valence-corrected chi connectivity index (χ0v) is 14.8. The lowest BCUT2D eigenvalue weighted by Gasteiger charge is -2.14. The van der Waals surface area contributed by atoms with Crippen LogP contribution in [0.1, 0.15) is 59.3 Å². The molecule has 5 heteroatoms. The summed E-state index contributed by atoms with van der Waals surface area (Å²) in [4.78, 5) is 11.5. The molecule has 3 nitrogen and oxygen atoms in total. The molecule has 0 bridgehead atoms. The lowest BCUT2D eigenvalue weighted by molar-refractivity contribution is -0.111. The molecule has 0 aliphatic rings. The third kappa shape index (κ3) is 12.9. The molecule has 0 radical (unpaired) electrons. The summed E-state index contributed by atoms with van der Waals surface area (Å²) in [6.45, 7) is 7.70. The maximum atomic E-state index is 11.5. The highest BCUT2D eigenvalue weighted by Crippen LogP contribution is 2.14. The lowest BCUT2D eigenvalue weighted by Crippen LogP contribution is -2.22. The molecule has 0 saturated heterocycles. The highest BCUT2D eigenvalue weighted by molar-refractivity contribution is 8.13. The smallest absolute Gasteiger partial charge is 0.321 e. The van der Waals surface area contributed by atoms with Crippen LogP contribution in [0.3, 0.4) is 0 Å². The zero-order valence-electron chi connectivity index (χ0n) is 12.8. The Morgan fingerprint density at radius 3 is 2.26 bits per heavy atom. The van der Waals surface area contributed by atoms with Gasteiger partial charge in [0.15, 0.2) is 5.12 Å². The molecule has 0 aromatic rings. The van der Waals surface area contributed by atoms with E-state index in [1.165, 1.54) is 24.6 Å². The fourth-order valence-electron chi connectivity index (χ4n) is 1.78. The molecule has 0 N–H and O–H groups in total. The van der Waals surface area contributed by atoms with Crippen molar-refractivity contribution in [2.75, 3.05) is 19.0 Å². The summed E-state index contributed by atoms with van der Waals surface area (Å²) >= 11 is 1.50. The van der Waals surface area contributed by atoms with Crippen LogP contribution in [-0.4, -0.2) is 33.4 Å². The summed E-state index contributed by atoms with van der Waals surface area (Å²) in [5, 5.41) is 0.358. The first-order valence-corrected chi connectivity index (χ1v) is 10.4. The van der Waals surface area contributed by atoms with E-state index in [0.29, 0.717) is 5.12 Å². The molecule has 0 unspecified atom stereocenters. The van der Waals surface area contributed by atoms with Gasteiger partial charge in [-0.2, -0.15) is 0 Å². The van der Waals surface area contributed by atoms with Gasteiger partial charge in [0.05, 0.1) is 0 Å². The third-order valence-corrected chi connectivity index (χ3v) is 6.10. The SMILES string of the molecule is CCCCCC(=O)SCCCC[SiH](OCC)OCC. The molecule has 114 valence electrons. The first-order chi connectivity index (χ1) is 9.24. The highest BCUT2D eigenvalue weighted by Gasteiger charge is 2.11. The van der Waals surface area contributed by atoms with Crippen LogP contribution in [0.4, 0.5) is 0 Å². The topological polar surface area (TPSA) is 35.5 Å². The van der Waals surface area contributed by atoms with Crippen LogP contribution in [0.2, 0.25) is 6.04 Å². The van der Waals surface area contributed by atoms with E-state index in [9.17, 15) is 4.79 Å². The molecule has 0 atom stereocenters. The summed E-state index contributed by atoms with van der Waals surface area (Å²) in [6, 6.07) is 1.06. The predicted molar refractivity (Wildman–Crippen MR) is 86.0 cm³/mol. The normalized spacial score (nSPS) is 11.2. The molecule has 0 aromatic carbocycles. The Morgan fingerprint density at radius 2 is 1.68 bits per heavy atom. The molecular formula is C14H30O3SSi. The van der Waals surface area contributed by atoms with E-state index in [-0.39, 0.29) is 0 Å². The predicted octanol–water partition coefficient (Wildman–Crippen LogP) is 3.90. The number of rotatable bonds is 13. The number of unbranched alkanes of at least 4 members (excludes halogenated alkanes) is 3. The quantitative estimate of drug-likeness (QED) is 0.382. The van der Waals surface area contributed by atoms with Gasteiger partial charge in [-0.05, 0) is 32.7 Å². The second-order valence-electron chi connectivity index (χ2n) is 4.51. The summed E-state index contributed by atoms with van der Waals surface area (Å²) < 4.78 is 11.2. The molecule has 19 heavy (non-hydrogen) atoms. The van der Waals surface area contributed by atoms with Crippen molar-refractivity contribution in [3.63, 3.8) is 0 Å². The molecule has 0 rings (SSSR count). The monoisotopic (exact) mass is 306 g/mol. The third-order valence-electron chi connectivity index (χ3n) is 2.79. The summed E-state index contributed by atoms with van der Waals surface area (Å²) in [5.74, 6) is 0.949. The van der Waals surface area contributed by atoms with Gasteiger partial charge in [0, 0.05) is 25.4 Å². The Kier molecular flexibility index (Phi) is 14.7. The summed E-state index contributed by atoms with van der Waals surface area (Å²) in [7, 11) is -1.42. The van der Waals surface area contributed by atoms with Crippen LogP contribution < -0.4 is 0 Å². The Labute approximate surface area is 124 Å². The van der Waals surface area contributed by atoms with E-state index in [1.54, 1.807) is 0 Å². The Hall–Kier alpha value is 0.157. The Morgan fingerprint density at radius 1 is 1.00 bits per heavy atom. The van der Waals surface area contributed by atoms with Gasteiger partial charge < -0.3 is 8.85 Å². The standard InChI is InChI=1S/C14H30O3SSi/c1-4-7-8-11-14(15)18-12-9-10-13-19(16-5-2)17-6-3/h19H,4-13H2,1-3H3. The van der Waals surface area contributed by atoms with Crippen molar-refractivity contribution >= 4 is 26.2 Å². The number of hydrogen-bond acceptors (Lipinski definition) is 4. The summed E-state index contributed by atoms with van der Waals surface area (Å²) in [6.07, 6.45) is 6.35. The van der Waals surface area contributed by atoms with E-state index in [2.05, 4.69) is 6.92 Å². The van der Waals surface area contributed by atoms with Crippen molar-refractivity contribution < 1.29 is 13.6 Å². The van der Waals surface area contributed by atoms with Crippen LogP contribution in [0.5, 0.6) is 0 Å². The van der Waals surface area contributed by atoms with E-state index in [0.717, 1.165) is 50.7 Å². The lowest BCUT2D eigenvalue weighted by atomic mass is 10.2. The van der Waals surface area contributed by atoms with Crippen LogP contribution >= 0.6 is 11.8 Å². The fourth-order valence-corrected chi connectivity index (χ4v) is 4.44. The fraction of sp³-hybridized carbons (Fsp3) is 0.929. The van der Waals surface area contributed by atoms with Gasteiger partial charge in [0.2, 0.25) is 0 Å². The molecule has 0 aliphatic carbocycles. The Balaban J connectivity index is 3.44. The van der Waals surface area contributed by atoms with E-state index < -0.39 is 9.28 Å². The number of carbonyl (C=O) groups is 1. The van der Waals surface area contributed by atoms with Crippen LogP contribution in [-0.2, 0) is 13.6 Å². The summed E-state index contributed by atoms with van der Waals surface area (Å²) in [5.41, 5.74) is 0. The first-order valence-electron chi connectivity index (χ1n) is 7.63. The van der Waals surface area contributed by atoms with E-state index in [1.807, 2.05) is 13.8 Å². The molecule has 0 fully saturated rings. The molecule has 0 spiro atoms. The van der Waals surface area contributed by atoms with E-state index >= 15 is 0 Å². The van der Waals surface area contributed by atoms with E-state index in [4.69, 9.17) is 8.85 Å². The maximum Gasteiger partial charge on any atom is 0.321 e. The van der Waals surface area contributed by atoms with Crippen molar-refractivity contribution in [1.82, 2.24) is 0 Å². The Bertz CT molecular complexity index is 209. The molecule has 0 aromatic heterocycles. The van der Waals surface area contributed by atoms with Gasteiger partial charge in [-0.25, -0.2) is 0 Å². The second-order valence-corrected chi connectivity index (χ2v) is 7.77. The molecule has 0 aliphatic heterocycles. The van der Waals surface area contributed by atoms with Gasteiger partial charge in [-0.1, -0.05) is 37.9 Å². The minimum Gasteiger partial charge on any atom is -0.397 e. The minimum atomic E-state index is -1.42. The molecular weight excluding hydrogens is 276 g/mol. The van der Waals surface area contributed by atoms with Crippen molar-refractivity contribution in [1.29, 1.82) is 0 Å². The van der Waals surface area contributed by atoms with Gasteiger partial charge in [0.1, 0.15) is 0 Å². The van der Waals surface area contributed by atoms with Crippen LogP contribution in [0, 0.1) is 0 Å². The van der Waals surface area contributed by atoms with Crippen molar-refractivity contribution in [3.05, 3.63) is 0 Å². The van der Waals surface area contributed by atoms with Crippen molar-refractivity contribution in [3.8, 4) is 0 Å². The number of carbonyl (C=O) groups excluding carboxylic acids is 1. The van der Waals surface area contributed by atoms with Crippen molar-refractivity contribution in [2.24, 2.45) is 0 Å². The number of thioether (sulfide) groups is 1. The second kappa shape index (κ2) is 14.6. The van der Waals surface area contributed by atoms with Crippen LogP contribution in [0.15, 0.2) is 0 Å². The van der Waals surface area contributed by atoms with Crippen molar-refractivity contribution in [2.45, 2.75) is 65.3 Å². The average Bonchev–Trinajstić information content (AvgIpc) is 2.39. The first kappa shape index (κ1) is 19.2. The zero-order chi connectivity index (χ0) is 14.3. The maximum absolute atomic E-state index is 11.5. The largest absolute Gasteiger partial charge is 0.397 e. The van der Waals surface area contributed by atoms with Gasteiger partial charge in [0.25, 0.3) is 0 Å². The van der Waals surface area contributed by atoms with Crippen LogP contribution in [0.25, 0.3) is 0 Å². The molecule has 0 saturated carbocycles. The molecule has 0 amide bonds.